The second kappa shape index (κ2) is 5.02. The summed E-state index contributed by atoms with van der Waals surface area (Å²) in [7, 11) is 0. The maximum absolute atomic E-state index is 9.53. The molecular formula is C15H22N2O2. The van der Waals surface area contributed by atoms with E-state index in [-0.39, 0.29) is 11.8 Å². The van der Waals surface area contributed by atoms with Crippen molar-refractivity contribution in [3.05, 3.63) is 23.8 Å². The number of phenolic OH excluding ortho intramolecular Hbond substituents is 1. The van der Waals surface area contributed by atoms with Gasteiger partial charge in [-0.2, -0.15) is 0 Å². The molecule has 0 spiro atoms. The van der Waals surface area contributed by atoms with Gasteiger partial charge in [0.05, 0.1) is 6.04 Å². The highest BCUT2D eigenvalue weighted by molar-refractivity contribution is 5.44. The van der Waals surface area contributed by atoms with Gasteiger partial charge in [0, 0.05) is 30.3 Å². The zero-order valence-electron chi connectivity index (χ0n) is 11.4. The van der Waals surface area contributed by atoms with Crippen molar-refractivity contribution in [3.63, 3.8) is 0 Å². The maximum Gasteiger partial charge on any atom is 0.128 e. The molecule has 104 valence electrons. The summed E-state index contributed by atoms with van der Waals surface area (Å²) in [6.45, 7) is 3.65. The molecule has 3 atom stereocenters. The Morgan fingerprint density at radius 1 is 1.42 bits per heavy atom. The van der Waals surface area contributed by atoms with E-state index >= 15 is 0 Å². The molecule has 3 rings (SSSR count). The molecule has 19 heavy (non-hydrogen) atoms. The maximum atomic E-state index is 9.53. The van der Waals surface area contributed by atoms with Crippen molar-refractivity contribution < 1.29 is 9.84 Å². The number of hydrogen-bond acceptors (Lipinski definition) is 4. The third kappa shape index (κ3) is 2.19. The standard InChI is InChI=1S/C15H22N2O2/c1-10-3-2-4-11(8-16)17(10)14-9-19-15-7-12(18)5-6-13(14)15/h5-7,10-11,14,18H,2-4,8-9,16H2,1H3. The first-order chi connectivity index (χ1) is 9.20. The number of benzene rings is 1. The van der Waals surface area contributed by atoms with Gasteiger partial charge in [-0.1, -0.05) is 6.42 Å². The van der Waals surface area contributed by atoms with Gasteiger partial charge < -0.3 is 15.6 Å². The van der Waals surface area contributed by atoms with Gasteiger partial charge in [0.15, 0.2) is 0 Å². The van der Waals surface area contributed by atoms with Gasteiger partial charge in [0.25, 0.3) is 0 Å². The summed E-state index contributed by atoms with van der Waals surface area (Å²) in [4.78, 5) is 2.52. The van der Waals surface area contributed by atoms with E-state index in [1.807, 2.05) is 6.07 Å². The van der Waals surface area contributed by atoms with Crippen molar-refractivity contribution in [2.45, 2.75) is 44.3 Å². The van der Waals surface area contributed by atoms with Crippen LogP contribution in [0.3, 0.4) is 0 Å². The Labute approximate surface area is 114 Å². The van der Waals surface area contributed by atoms with Gasteiger partial charge in [0.2, 0.25) is 0 Å². The van der Waals surface area contributed by atoms with Crippen molar-refractivity contribution in [1.82, 2.24) is 4.90 Å². The van der Waals surface area contributed by atoms with Gasteiger partial charge in [-0.05, 0) is 31.9 Å². The van der Waals surface area contributed by atoms with Crippen molar-refractivity contribution in [2.24, 2.45) is 5.73 Å². The van der Waals surface area contributed by atoms with Crippen LogP contribution in [0.5, 0.6) is 11.5 Å². The van der Waals surface area contributed by atoms with Crippen LogP contribution in [0.25, 0.3) is 0 Å². The molecule has 1 saturated heterocycles. The molecule has 3 unspecified atom stereocenters. The summed E-state index contributed by atoms with van der Waals surface area (Å²) in [5.41, 5.74) is 7.13. The molecule has 2 heterocycles. The summed E-state index contributed by atoms with van der Waals surface area (Å²) >= 11 is 0. The zero-order valence-corrected chi connectivity index (χ0v) is 11.4. The topological polar surface area (TPSA) is 58.7 Å². The van der Waals surface area contributed by atoms with E-state index in [1.54, 1.807) is 12.1 Å². The SMILES string of the molecule is CC1CCCC(CN)N1C1COc2cc(O)ccc21. The highest BCUT2D eigenvalue weighted by atomic mass is 16.5. The summed E-state index contributed by atoms with van der Waals surface area (Å²) < 4.78 is 5.74. The summed E-state index contributed by atoms with van der Waals surface area (Å²) in [5.74, 6) is 1.08. The molecule has 2 aliphatic heterocycles. The van der Waals surface area contributed by atoms with Crippen molar-refractivity contribution in [2.75, 3.05) is 13.2 Å². The van der Waals surface area contributed by atoms with E-state index < -0.39 is 0 Å². The van der Waals surface area contributed by atoms with Gasteiger partial charge >= 0.3 is 0 Å². The van der Waals surface area contributed by atoms with E-state index in [4.69, 9.17) is 10.5 Å². The molecular weight excluding hydrogens is 240 g/mol. The van der Waals surface area contributed by atoms with Crippen LogP contribution < -0.4 is 10.5 Å². The lowest BCUT2D eigenvalue weighted by Crippen LogP contribution is -2.50. The highest BCUT2D eigenvalue weighted by Crippen LogP contribution is 2.41. The molecule has 0 saturated carbocycles. The fourth-order valence-corrected chi connectivity index (χ4v) is 3.54. The molecule has 0 bridgehead atoms. The van der Waals surface area contributed by atoms with E-state index in [9.17, 15) is 5.11 Å². The van der Waals surface area contributed by atoms with E-state index in [0.29, 0.717) is 25.2 Å². The third-order valence-corrected chi connectivity index (χ3v) is 4.47. The smallest absolute Gasteiger partial charge is 0.128 e. The number of rotatable bonds is 2. The molecule has 0 aliphatic carbocycles. The Bertz CT molecular complexity index is 463. The molecule has 2 aliphatic rings. The summed E-state index contributed by atoms with van der Waals surface area (Å²) in [6.07, 6.45) is 3.65. The fraction of sp³-hybridized carbons (Fsp3) is 0.600. The third-order valence-electron chi connectivity index (χ3n) is 4.47. The molecule has 1 aromatic carbocycles. The molecule has 4 nitrogen and oxygen atoms in total. The summed E-state index contributed by atoms with van der Waals surface area (Å²) in [5, 5.41) is 9.53. The van der Waals surface area contributed by atoms with Crippen LogP contribution in [0.15, 0.2) is 18.2 Å². The second-order valence-electron chi connectivity index (χ2n) is 5.67. The Balaban J connectivity index is 1.90. The molecule has 1 aromatic rings. The number of hydrogen-bond donors (Lipinski definition) is 2. The van der Waals surface area contributed by atoms with E-state index in [0.717, 1.165) is 5.75 Å². The average molecular weight is 262 g/mol. The van der Waals surface area contributed by atoms with Crippen LogP contribution in [-0.2, 0) is 0 Å². The molecule has 3 N–H and O–H groups in total. The molecule has 0 radical (unpaired) electrons. The van der Waals surface area contributed by atoms with Crippen LogP contribution in [0.2, 0.25) is 0 Å². The zero-order chi connectivity index (χ0) is 13.4. The Morgan fingerprint density at radius 2 is 2.26 bits per heavy atom. The van der Waals surface area contributed by atoms with Crippen molar-refractivity contribution >= 4 is 0 Å². The lowest BCUT2D eigenvalue weighted by molar-refractivity contribution is 0.0395. The minimum atomic E-state index is 0.265. The minimum absolute atomic E-state index is 0.265. The molecule has 0 aromatic heterocycles. The van der Waals surface area contributed by atoms with Crippen molar-refractivity contribution in [1.29, 1.82) is 0 Å². The fourth-order valence-electron chi connectivity index (χ4n) is 3.54. The average Bonchev–Trinajstić information content (AvgIpc) is 2.81. The number of likely N-dealkylation sites (tertiary alicyclic amines) is 1. The quantitative estimate of drug-likeness (QED) is 0.856. The Morgan fingerprint density at radius 3 is 3.05 bits per heavy atom. The number of aromatic hydroxyl groups is 1. The summed E-state index contributed by atoms with van der Waals surface area (Å²) in [6, 6.07) is 6.69. The normalized spacial score (nSPS) is 30.9. The Hall–Kier alpha value is -1.26. The number of nitrogens with zero attached hydrogens (tertiary/aromatic N) is 1. The van der Waals surface area contributed by atoms with Crippen molar-refractivity contribution in [3.8, 4) is 11.5 Å². The minimum Gasteiger partial charge on any atom is -0.508 e. The Kier molecular flexibility index (Phi) is 3.37. The lowest BCUT2D eigenvalue weighted by Gasteiger charge is -2.43. The van der Waals surface area contributed by atoms with Gasteiger partial charge in [-0.25, -0.2) is 0 Å². The molecule has 1 fully saturated rings. The largest absolute Gasteiger partial charge is 0.508 e. The number of fused-ring (bicyclic) bond motifs is 1. The predicted molar refractivity (Wildman–Crippen MR) is 74.3 cm³/mol. The van der Waals surface area contributed by atoms with Gasteiger partial charge in [-0.15, -0.1) is 0 Å². The van der Waals surface area contributed by atoms with Crippen LogP contribution in [-0.4, -0.2) is 35.2 Å². The lowest BCUT2D eigenvalue weighted by atomic mass is 9.92. The first-order valence-electron chi connectivity index (χ1n) is 7.14. The number of phenols is 1. The number of piperidine rings is 1. The molecule has 4 heteroatoms. The number of nitrogens with two attached hydrogens (primary N) is 1. The van der Waals surface area contributed by atoms with Crippen LogP contribution >= 0.6 is 0 Å². The second-order valence-corrected chi connectivity index (χ2v) is 5.67. The van der Waals surface area contributed by atoms with E-state index in [1.165, 1.54) is 24.8 Å². The van der Waals surface area contributed by atoms with Crippen LogP contribution in [0.4, 0.5) is 0 Å². The van der Waals surface area contributed by atoms with E-state index in [2.05, 4.69) is 11.8 Å². The first kappa shape index (κ1) is 12.8. The predicted octanol–water partition coefficient (Wildman–Crippen LogP) is 2.03. The van der Waals surface area contributed by atoms with Crippen LogP contribution in [0, 0.1) is 0 Å². The highest BCUT2D eigenvalue weighted by Gasteiger charge is 2.37. The van der Waals surface area contributed by atoms with Gasteiger partial charge in [0.1, 0.15) is 18.1 Å². The van der Waals surface area contributed by atoms with Crippen LogP contribution in [0.1, 0.15) is 37.8 Å². The van der Waals surface area contributed by atoms with Gasteiger partial charge in [-0.3, -0.25) is 4.90 Å². The number of ether oxygens (including phenoxy) is 1. The monoisotopic (exact) mass is 262 g/mol. The first-order valence-corrected chi connectivity index (χ1v) is 7.14. The molecule has 0 amide bonds.